The molecule has 2 aromatic carbocycles. The van der Waals surface area contributed by atoms with Crippen LogP contribution in [0.4, 0.5) is 4.39 Å². The van der Waals surface area contributed by atoms with Gasteiger partial charge in [0.15, 0.2) is 0 Å². The molecule has 0 bridgehead atoms. The highest BCUT2D eigenvalue weighted by atomic mass is 35.5. The summed E-state index contributed by atoms with van der Waals surface area (Å²) in [6, 6.07) is 16.7. The fraction of sp³-hybridized carbons (Fsp3) is 0.350. The van der Waals surface area contributed by atoms with Gasteiger partial charge in [-0.1, -0.05) is 24.3 Å². The fourth-order valence-electron chi connectivity index (χ4n) is 3.08. The Morgan fingerprint density at radius 3 is 2.35 bits per heavy atom. The van der Waals surface area contributed by atoms with Crippen molar-refractivity contribution in [3.8, 4) is 6.07 Å². The molecule has 1 atom stereocenters. The highest BCUT2D eigenvalue weighted by Crippen LogP contribution is 2.22. The van der Waals surface area contributed by atoms with Gasteiger partial charge >= 0.3 is 0 Å². The zero-order valence-corrected chi connectivity index (χ0v) is 15.3. The van der Waals surface area contributed by atoms with Gasteiger partial charge in [0.25, 0.3) is 0 Å². The molecule has 1 aliphatic heterocycles. The van der Waals surface area contributed by atoms with Gasteiger partial charge in [0.1, 0.15) is 5.82 Å². The molecule has 0 spiro atoms. The third-order valence-electron chi connectivity index (χ3n) is 4.49. The van der Waals surface area contributed by atoms with Crippen molar-refractivity contribution in [1.82, 2.24) is 10.2 Å². The van der Waals surface area contributed by atoms with Gasteiger partial charge in [-0.15, -0.1) is 12.4 Å². The maximum absolute atomic E-state index is 13.3. The Kier molecular flexibility index (Phi) is 8.02. The first-order valence-electron chi connectivity index (χ1n) is 8.53. The van der Waals surface area contributed by atoms with Crippen molar-refractivity contribution >= 4 is 12.4 Å². The molecule has 0 saturated carbocycles. The van der Waals surface area contributed by atoms with Crippen LogP contribution in [-0.4, -0.2) is 37.7 Å². The molecular weight excluding hydrogens is 353 g/mol. The van der Waals surface area contributed by atoms with Crippen molar-refractivity contribution in [2.75, 3.05) is 32.8 Å². The number of nitrogens with one attached hydrogen (secondary N) is 1. The van der Waals surface area contributed by atoms with Crippen molar-refractivity contribution < 1.29 is 9.13 Å². The van der Waals surface area contributed by atoms with Crippen LogP contribution >= 0.6 is 12.4 Å². The summed E-state index contributed by atoms with van der Waals surface area (Å²) >= 11 is 0. The largest absolute Gasteiger partial charge is 0.379 e. The molecule has 3 rings (SSSR count). The Balaban J connectivity index is 0.00000243. The molecule has 6 heteroatoms. The molecule has 1 fully saturated rings. The van der Waals surface area contributed by atoms with Crippen LogP contribution in [0.3, 0.4) is 0 Å². The molecule has 1 aliphatic rings. The van der Waals surface area contributed by atoms with Crippen LogP contribution in [0.1, 0.15) is 22.7 Å². The summed E-state index contributed by atoms with van der Waals surface area (Å²) in [5, 5.41) is 12.3. The van der Waals surface area contributed by atoms with Gasteiger partial charge in [0.2, 0.25) is 0 Å². The Morgan fingerprint density at radius 2 is 1.73 bits per heavy atom. The van der Waals surface area contributed by atoms with Crippen molar-refractivity contribution in [3.05, 3.63) is 71.0 Å². The maximum atomic E-state index is 13.3. The molecule has 2 aromatic rings. The van der Waals surface area contributed by atoms with Crippen molar-refractivity contribution in [1.29, 1.82) is 5.26 Å². The van der Waals surface area contributed by atoms with E-state index in [4.69, 9.17) is 10.00 Å². The van der Waals surface area contributed by atoms with Crippen LogP contribution in [0.5, 0.6) is 0 Å². The summed E-state index contributed by atoms with van der Waals surface area (Å²) in [7, 11) is 0. The SMILES string of the molecule is Cl.N#Cc1ccc(CNCC(c2ccc(F)cc2)N2CCOCC2)cc1. The summed E-state index contributed by atoms with van der Waals surface area (Å²) in [5.41, 5.74) is 2.91. The first-order chi connectivity index (χ1) is 12.3. The topological polar surface area (TPSA) is 48.3 Å². The fourth-order valence-corrected chi connectivity index (χ4v) is 3.08. The van der Waals surface area contributed by atoms with E-state index in [9.17, 15) is 4.39 Å². The second kappa shape index (κ2) is 10.2. The average Bonchev–Trinajstić information content (AvgIpc) is 2.67. The molecule has 26 heavy (non-hydrogen) atoms. The smallest absolute Gasteiger partial charge is 0.123 e. The van der Waals surface area contributed by atoms with Gasteiger partial charge in [-0.25, -0.2) is 4.39 Å². The molecule has 1 saturated heterocycles. The van der Waals surface area contributed by atoms with Crippen LogP contribution in [0.25, 0.3) is 0 Å². The molecule has 1 unspecified atom stereocenters. The van der Waals surface area contributed by atoms with E-state index < -0.39 is 0 Å². The first kappa shape index (κ1) is 20.3. The number of nitriles is 1. The van der Waals surface area contributed by atoms with Gasteiger partial charge in [-0.2, -0.15) is 5.26 Å². The summed E-state index contributed by atoms with van der Waals surface area (Å²) in [6.45, 7) is 4.71. The summed E-state index contributed by atoms with van der Waals surface area (Å²) in [6.07, 6.45) is 0. The van der Waals surface area contributed by atoms with E-state index in [1.807, 2.05) is 36.4 Å². The standard InChI is InChI=1S/C20H22FN3O.ClH/c21-19-7-5-18(6-8-19)20(24-9-11-25-12-10-24)15-23-14-17-3-1-16(13-22)2-4-17;/h1-8,20,23H,9-12,14-15H2;1H. The predicted octanol–water partition coefficient (Wildman–Crippen LogP) is 3.28. The minimum absolute atomic E-state index is 0. The second-order valence-corrected chi connectivity index (χ2v) is 6.16. The third-order valence-corrected chi connectivity index (χ3v) is 4.49. The number of hydrogen-bond acceptors (Lipinski definition) is 4. The van der Waals surface area contributed by atoms with Gasteiger partial charge in [0, 0.05) is 32.2 Å². The lowest BCUT2D eigenvalue weighted by molar-refractivity contribution is 0.0161. The van der Waals surface area contributed by atoms with Crippen molar-refractivity contribution in [3.63, 3.8) is 0 Å². The van der Waals surface area contributed by atoms with Crippen molar-refractivity contribution in [2.45, 2.75) is 12.6 Å². The predicted molar refractivity (Wildman–Crippen MR) is 102 cm³/mol. The van der Waals surface area contributed by atoms with Crippen LogP contribution in [0, 0.1) is 17.1 Å². The number of rotatable bonds is 6. The van der Waals surface area contributed by atoms with Gasteiger partial charge in [0.05, 0.1) is 24.8 Å². The van der Waals surface area contributed by atoms with E-state index in [2.05, 4.69) is 16.3 Å². The molecule has 0 aromatic heterocycles. The Morgan fingerprint density at radius 1 is 1.08 bits per heavy atom. The Bertz CT molecular complexity index is 709. The van der Waals surface area contributed by atoms with Crippen LogP contribution < -0.4 is 5.32 Å². The minimum atomic E-state index is -0.213. The van der Waals surface area contributed by atoms with E-state index in [0.717, 1.165) is 50.5 Å². The van der Waals surface area contributed by atoms with Crippen LogP contribution in [-0.2, 0) is 11.3 Å². The first-order valence-corrected chi connectivity index (χ1v) is 8.53. The van der Waals surface area contributed by atoms with Crippen molar-refractivity contribution in [2.24, 2.45) is 0 Å². The zero-order valence-electron chi connectivity index (χ0n) is 14.5. The normalized spacial score (nSPS) is 15.7. The Labute approximate surface area is 160 Å². The van der Waals surface area contributed by atoms with E-state index in [1.54, 1.807) is 0 Å². The highest BCUT2D eigenvalue weighted by molar-refractivity contribution is 5.85. The minimum Gasteiger partial charge on any atom is -0.379 e. The van der Waals surface area contributed by atoms with E-state index in [1.165, 1.54) is 12.1 Å². The van der Waals surface area contributed by atoms with E-state index in [-0.39, 0.29) is 24.3 Å². The quantitative estimate of drug-likeness (QED) is 0.841. The van der Waals surface area contributed by atoms with Crippen LogP contribution in [0.15, 0.2) is 48.5 Å². The lowest BCUT2D eigenvalue weighted by atomic mass is 10.0. The molecule has 0 radical (unpaired) electrons. The van der Waals surface area contributed by atoms with E-state index in [0.29, 0.717) is 5.56 Å². The molecule has 1 N–H and O–H groups in total. The zero-order chi connectivity index (χ0) is 17.5. The lowest BCUT2D eigenvalue weighted by Crippen LogP contribution is -2.42. The molecule has 0 amide bonds. The lowest BCUT2D eigenvalue weighted by Gasteiger charge is -2.35. The highest BCUT2D eigenvalue weighted by Gasteiger charge is 2.22. The number of hydrogen-bond donors (Lipinski definition) is 1. The monoisotopic (exact) mass is 375 g/mol. The second-order valence-electron chi connectivity index (χ2n) is 6.16. The molecule has 4 nitrogen and oxygen atoms in total. The Hall–Kier alpha value is -1.97. The van der Waals surface area contributed by atoms with Gasteiger partial charge < -0.3 is 10.1 Å². The average molecular weight is 376 g/mol. The van der Waals surface area contributed by atoms with Gasteiger partial charge in [-0.3, -0.25) is 4.90 Å². The number of nitrogens with zero attached hydrogens (tertiary/aromatic N) is 2. The molecule has 1 heterocycles. The van der Waals surface area contributed by atoms with Crippen LogP contribution in [0.2, 0.25) is 0 Å². The molecule has 0 aliphatic carbocycles. The molecular formula is C20H23ClFN3O. The summed E-state index contributed by atoms with van der Waals surface area (Å²) < 4.78 is 18.7. The summed E-state index contributed by atoms with van der Waals surface area (Å²) in [5.74, 6) is -0.213. The number of ether oxygens (including phenoxy) is 1. The van der Waals surface area contributed by atoms with Gasteiger partial charge in [-0.05, 0) is 35.4 Å². The number of benzene rings is 2. The third kappa shape index (κ3) is 5.52. The molecule has 138 valence electrons. The van der Waals surface area contributed by atoms with E-state index >= 15 is 0 Å². The summed E-state index contributed by atoms with van der Waals surface area (Å²) in [4.78, 5) is 2.38. The maximum Gasteiger partial charge on any atom is 0.123 e. The number of morpholine rings is 1. The number of halogens is 2.